The van der Waals surface area contributed by atoms with Crippen molar-refractivity contribution in [2.24, 2.45) is 0 Å². The Kier molecular flexibility index (Phi) is 5.04. The average Bonchev–Trinajstić information content (AvgIpc) is 2.45. The molecule has 1 fully saturated rings. The monoisotopic (exact) mass is 288 g/mol. The predicted octanol–water partition coefficient (Wildman–Crippen LogP) is 3.21. The highest BCUT2D eigenvalue weighted by molar-refractivity contribution is 5.97. The van der Waals surface area contributed by atoms with Gasteiger partial charge in [-0.2, -0.15) is 0 Å². The smallest absolute Gasteiger partial charge is 0.254 e. The van der Waals surface area contributed by atoms with Gasteiger partial charge in [0.15, 0.2) is 0 Å². The second kappa shape index (κ2) is 6.61. The second-order valence-corrected chi connectivity index (χ2v) is 6.31. The van der Waals surface area contributed by atoms with E-state index in [1.165, 1.54) is 5.56 Å². The Morgan fingerprint density at radius 2 is 1.81 bits per heavy atom. The van der Waals surface area contributed by atoms with E-state index in [1.807, 2.05) is 13.8 Å². The summed E-state index contributed by atoms with van der Waals surface area (Å²) in [5.74, 6) is 0.205. The molecule has 0 aromatic heterocycles. The van der Waals surface area contributed by atoms with Crippen molar-refractivity contribution in [1.29, 1.82) is 0 Å². The van der Waals surface area contributed by atoms with E-state index in [1.54, 1.807) is 0 Å². The van der Waals surface area contributed by atoms with Gasteiger partial charge < -0.3 is 10.2 Å². The molecule has 21 heavy (non-hydrogen) atoms. The fourth-order valence-electron chi connectivity index (χ4n) is 3.41. The number of benzene rings is 1. The summed E-state index contributed by atoms with van der Waals surface area (Å²) >= 11 is 0. The van der Waals surface area contributed by atoms with E-state index in [9.17, 15) is 4.79 Å². The van der Waals surface area contributed by atoms with Gasteiger partial charge in [-0.15, -0.1) is 0 Å². The highest BCUT2D eigenvalue weighted by atomic mass is 16.2. The van der Waals surface area contributed by atoms with Gasteiger partial charge >= 0.3 is 0 Å². The van der Waals surface area contributed by atoms with Gasteiger partial charge in [-0.25, -0.2) is 0 Å². The second-order valence-electron chi connectivity index (χ2n) is 6.31. The third-order valence-corrected chi connectivity index (χ3v) is 4.62. The summed E-state index contributed by atoms with van der Waals surface area (Å²) < 4.78 is 0. The van der Waals surface area contributed by atoms with Crippen LogP contribution in [0, 0.1) is 20.8 Å². The van der Waals surface area contributed by atoms with Crippen LogP contribution in [0.4, 0.5) is 0 Å². The maximum absolute atomic E-state index is 13.1. The molecule has 1 saturated heterocycles. The standard InChI is InChI=1S/C18H28N2O/c1-6-15-11-20(16(7-2)10-19-15)18(21)17-13(4)8-12(3)9-14(17)5/h8-9,15-16,19H,6-7,10-11H2,1-5H3. The van der Waals surface area contributed by atoms with Crippen molar-refractivity contribution >= 4 is 5.91 Å². The summed E-state index contributed by atoms with van der Waals surface area (Å²) in [6.45, 7) is 12.2. The van der Waals surface area contributed by atoms with Gasteiger partial charge in [0.1, 0.15) is 0 Å². The molecule has 1 aliphatic rings. The Bertz CT molecular complexity index is 501. The fourth-order valence-corrected chi connectivity index (χ4v) is 3.41. The maximum atomic E-state index is 13.1. The number of hydrogen-bond acceptors (Lipinski definition) is 2. The van der Waals surface area contributed by atoms with Crippen molar-refractivity contribution in [3.8, 4) is 0 Å². The molecule has 0 radical (unpaired) electrons. The SMILES string of the molecule is CCC1CN(C(=O)c2c(C)cc(C)cc2C)C(CC)CN1. The number of amides is 1. The van der Waals surface area contributed by atoms with Gasteiger partial charge in [-0.3, -0.25) is 4.79 Å². The van der Waals surface area contributed by atoms with Crippen molar-refractivity contribution in [2.75, 3.05) is 13.1 Å². The van der Waals surface area contributed by atoms with Crippen molar-refractivity contribution in [1.82, 2.24) is 10.2 Å². The Labute approximate surface area is 128 Å². The third-order valence-electron chi connectivity index (χ3n) is 4.62. The molecule has 1 N–H and O–H groups in total. The van der Waals surface area contributed by atoms with Crippen LogP contribution in [0.5, 0.6) is 0 Å². The highest BCUT2D eigenvalue weighted by Crippen LogP contribution is 2.22. The summed E-state index contributed by atoms with van der Waals surface area (Å²) in [6.07, 6.45) is 2.06. The fraction of sp³-hybridized carbons (Fsp3) is 0.611. The molecule has 0 spiro atoms. The molecule has 1 aromatic carbocycles. The van der Waals surface area contributed by atoms with Crippen LogP contribution >= 0.6 is 0 Å². The van der Waals surface area contributed by atoms with Gasteiger partial charge in [0.25, 0.3) is 5.91 Å². The minimum Gasteiger partial charge on any atom is -0.333 e. The van der Waals surface area contributed by atoms with E-state index < -0.39 is 0 Å². The topological polar surface area (TPSA) is 32.3 Å². The average molecular weight is 288 g/mol. The molecule has 0 aliphatic carbocycles. The molecular weight excluding hydrogens is 260 g/mol. The molecule has 2 atom stereocenters. The quantitative estimate of drug-likeness (QED) is 0.926. The van der Waals surface area contributed by atoms with Crippen molar-refractivity contribution in [2.45, 2.75) is 59.5 Å². The van der Waals surface area contributed by atoms with Crippen LogP contribution in [0.3, 0.4) is 0 Å². The number of rotatable bonds is 3. The van der Waals surface area contributed by atoms with Gasteiger partial charge in [0.2, 0.25) is 0 Å². The van der Waals surface area contributed by atoms with Crippen molar-refractivity contribution < 1.29 is 4.79 Å². The van der Waals surface area contributed by atoms with Crippen LogP contribution in [-0.2, 0) is 0 Å². The minimum absolute atomic E-state index is 0.205. The highest BCUT2D eigenvalue weighted by Gasteiger charge is 2.31. The van der Waals surface area contributed by atoms with E-state index in [4.69, 9.17) is 0 Å². The summed E-state index contributed by atoms with van der Waals surface area (Å²) in [5, 5.41) is 3.55. The van der Waals surface area contributed by atoms with Gasteiger partial charge in [-0.1, -0.05) is 31.5 Å². The van der Waals surface area contributed by atoms with E-state index in [0.717, 1.165) is 42.6 Å². The molecule has 1 heterocycles. The van der Waals surface area contributed by atoms with Crippen molar-refractivity contribution in [3.63, 3.8) is 0 Å². The van der Waals surface area contributed by atoms with Gasteiger partial charge in [0.05, 0.1) is 0 Å². The summed E-state index contributed by atoms with van der Waals surface area (Å²) in [6, 6.07) is 4.95. The van der Waals surface area contributed by atoms with E-state index >= 15 is 0 Å². The number of nitrogens with one attached hydrogen (secondary N) is 1. The number of carbonyl (C=O) groups excluding carboxylic acids is 1. The Morgan fingerprint density at radius 3 is 2.33 bits per heavy atom. The Balaban J connectivity index is 2.33. The number of aryl methyl sites for hydroxylation is 3. The lowest BCUT2D eigenvalue weighted by atomic mass is 9.96. The number of piperazine rings is 1. The first-order valence-corrected chi connectivity index (χ1v) is 8.10. The lowest BCUT2D eigenvalue weighted by molar-refractivity contribution is 0.0574. The number of nitrogens with zero attached hydrogens (tertiary/aromatic N) is 1. The first-order chi connectivity index (χ1) is 9.97. The number of carbonyl (C=O) groups is 1. The van der Waals surface area contributed by atoms with Crippen LogP contribution in [0.2, 0.25) is 0 Å². The summed E-state index contributed by atoms with van der Waals surface area (Å²) in [4.78, 5) is 15.2. The Morgan fingerprint density at radius 1 is 1.19 bits per heavy atom. The molecule has 116 valence electrons. The maximum Gasteiger partial charge on any atom is 0.254 e. The largest absolute Gasteiger partial charge is 0.333 e. The summed E-state index contributed by atoms with van der Waals surface area (Å²) in [7, 11) is 0. The Hall–Kier alpha value is -1.35. The van der Waals surface area contributed by atoms with Gasteiger partial charge in [0, 0.05) is 30.7 Å². The first-order valence-electron chi connectivity index (χ1n) is 8.10. The molecule has 1 amide bonds. The van der Waals surface area contributed by atoms with Gasteiger partial charge in [-0.05, 0) is 44.7 Å². The zero-order valence-corrected chi connectivity index (χ0v) is 14.0. The number of hydrogen-bond donors (Lipinski definition) is 1. The molecule has 0 saturated carbocycles. The summed E-state index contributed by atoms with van der Waals surface area (Å²) in [5.41, 5.74) is 4.31. The van der Waals surface area contributed by atoms with Crippen LogP contribution in [-0.4, -0.2) is 36.0 Å². The molecule has 2 rings (SSSR count). The van der Waals surface area contributed by atoms with Crippen LogP contribution < -0.4 is 5.32 Å². The predicted molar refractivity (Wildman–Crippen MR) is 87.9 cm³/mol. The van der Waals surface area contributed by atoms with E-state index in [2.05, 4.69) is 43.1 Å². The lowest BCUT2D eigenvalue weighted by Gasteiger charge is -2.40. The third kappa shape index (κ3) is 3.29. The molecule has 1 aromatic rings. The van der Waals surface area contributed by atoms with E-state index in [0.29, 0.717) is 12.1 Å². The molecular formula is C18H28N2O. The van der Waals surface area contributed by atoms with Crippen LogP contribution in [0.25, 0.3) is 0 Å². The van der Waals surface area contributed by atoms with E-state index in [-0.39, 0.29) is 5.91 Å². The molecule has 0 bridgehead atoms. The van der Waals surface area contributed by atoms with Crippen molar-refractivity contribution in [3.05, 3.63) is 34.4 Å². The molecule has 3 nitrogen and oxygen atoms in total. The minimum atomic E-state index is 0.205. The molecule has 1 aliphatic heterocycles. The molecule has 2 unspecified atom stereocenters. The lowest BCUT2D eigenvalue weighted by Crippen LogP contribution is -2.58. The zero-order chi connectivity index (χ0) is 15.6. The zero-order valence-electron chi connectivity index (χ0n) is 14.0. The molecule has 3 heteroatoms. The normalized spacial score (nSPS) is 22.4. The van der Waals surface area contributed by atoms with Crippen LogP contribution in [0.15, 0.2) is 12.1 Å². The first kappa shape index (κ1) is 16.0. The van der Waals surface area contributed by atoms with Crippen LogP contribution in [0.1, 0.15) is 53.7 Å².